The molecule has 0 unspecified atom stereocenters. The number of furan rings is 1. The largest absolute Gasteiger partial charge is 0.468 e. The molecule has 0 fully saturated rings. The lowest BCUT2D eigenvalue weighted by molar-refractivity contribution is 0.194. The Kier molecular flexibility index (Phi) is 6.50. The monoisotopic (exact) mass is 289 g/mol. The van der Waals surface area contributed by atoms with Crippen molar-refractivity contribution >= 4 is 10.2 Å². The molecule has 1 heterocycles. The van der Waals surface area contributed by atoms with Gasteiger partial charge in [-0.15, -0.1) is 0 Å². The molecule has 1 aromatic rings. The van der Waals surface area contributed by atoms with Crippen LogP contribution in [0.15, 0.2) is 22.8 Å². The average molecular weight is 289 g/mol. The van der Waals surface area contributed by atoms with Crippen LogP contribution < -0.4 is 9.44 Å². The first-order valence-electron chi connectivity index (χ1n) is 6.55. The molecule has 2 N–H and O–H groups in total. The van der Waals surface area contributed by atoms with E-state index in [0.29, 0.717) is 6.54 Å². The molecule has 110 valence electrons. The highest BCUT2D eigenvalue weighted by Gasteiger charge is 2.22. The van der Waals surface area contributed by atoms with Crippen molar-refractivity contribution < 1.29 is 12.8 Å². The molecule has 1 aromatic heterocycles. The van der Waals surface area contributed by atoms with E-state index in [1.165, 1.54) is 0 Å². The smallest absolute Gasteiger partial charge is 0.276 e. The van der Waals surface area contributed by atoms with Crippen molar-refractivity contribution in [2.45, 2.75) is 26.8 Å². The minimum atomic E-state index is -3.44. The number of likely N-dealkylation sites (N-methyl/N-ethyl adjacent to an activating group) is 1. The van der Waals surface area contributed by atoms with Crippen LogP contribution in [-0.4, -0.2) is 39.5 Å². The fourth-order valence-corrected chi connectivity index (χ4v) is 2.84. The quantitative estimate of drug-likeness (QED) is 0.714. The Balaban J connectivity index is 2.76. The normalized spacial score (nSPS) is 13.9. The third-order valence-corrected chi connectivity index (χ3v) is 4.14. The first kappa shape index (κ1) is 16.2. The maximum absolute atomic E-state index is 11.6. The molecule has 0 aliphatic rings. The molecule has 7 heteroatoms. The maximum Gasteiger partial charge on any atom is 0.276 e. The zero-order valence-electron chi connectivity index (χ0n) is 11.7. The Morgan fingerprint density at radius 2 is 1.95 bits per heavy atom. The molecule has 1 rings (SSSR count). The van der Waals surface area contributed by atoms with Gasteiger partial charge in [-0.3, -0.25) is 4.90 Å². The highest BCUT2D eigenvalue weighted by atomic mass is 32.2. The lowest BCUT2D eigenvalue weighted by atomic mass is 10.2. The third-order valence-electron chi connectivity index (χ3n) is 2.93. The van der Waals surface area contributed by atoms with E-state index in [0.717, 1.165) is 18.8 Å². The fraction of sp³-hybridized carbons (Fsp3) is 0.667. The molecule has 0 aromatic carbocycles. The summed E-state index contributed by atoms with van der Waals surface area (Å²) in [5.41, 5.74) is 0. The van der Waals surface area contributed by atoms with Crippen LogP contribution in [0.2, 0.25) is 0 Å². The van der Waals surface area contributed by atoms with Gasteiger partial charge in [0, 0.05) is 13.1 Å². The van der Waals surface area contributed by atoms with E-state index < -0.39 is 10.2 Å². The molecule has 0 amide bonds. The topological polar surface area (TPSA) is 74.6 Å². The summed E-state index contributed by atoms with van der Waals surface area (Å²) in [6.07, 6.45) is 1.60. The van der Waals surface area contributed by atoms with Crippen LogP contribution in [0.4, 0.5) is 0 Å². The number of nitrogens with zero attached hydrogens (tertiary/aromatic N) is 1. The average Bonchev–Trinajstić information content (AvgIpc) is 2.88. The zero-order chi connectivity index (χ0) is 14.3. The molecule has 1 atom stereocenters. The summed E-state index contributed by atoms with van der Waals surface area (Å²) in [6.45, 7) is 8.12. The lowest BCUT2D eigenvalue weighted by Crippen LogP contribution is -2.42. The standard InChI is InChI=1S/C12H23N3O3S/c1-4-13-19(16,17)14-10-11(15(5-2)6-3)12-8-7-9-18-12/h7-9,11,13-14H,4-6,10H2,1-3H3/t11-/m1/s1. The van der Waals surface area contributed by atoms with Gasteiger partial charge in [0.2, 0.25) is 0 Å². The van der Waals surface area contributed by atoms with Crippen molar-refractivity contribution in [1.82, 2.24) is 14.3 Å². The van der Waals surface area contributed by atoms with Gasteiger partial charge in [-0.05, 0) is 25.2 Å². The van der Waals surface area contributed by atoms with Crippen LogP contribution in [0.25, 0.3) is 0 Å². The van der Waals surface area contributed by atoms with Crippen LogP contribution in [0.1, 0.15) is 32.6 Å². The summed E-state index contributed by atoms with van der Waals surface area (Å²) in [5.74, 6) is 0.767. The summed E-state index contributed by atoms with van der Waals surface area (Å²) >= 11 is 0. The maximum atomic E-state index is 11.6. The molecule has 0 saturated carbocycles. The molecular formula is C12H23N3O3S. The van der Waals surface area contributed by atoms with E-state index in [9.17, 15) is 8.42 Å². The highest BCUT2D eigenvalue weighted by molar-refractivity contribution is 7.87. The SMILES string of the molecule is CCNS(=O)(=O)NC[C@H](c1ccco1)N(CC)CC. The molecule has 0 radical (unpaired) electrons. The van der Waals surface area contributed by atoms with Gasteiger partial charge in [0.15, 0.2) is 0 Å². The van der Waals surface area contributed by atoms with E-state index in [4.69, 9.17) is 4.42 Å². The summed E-state index contributed by atoms with van der Waals surface area (Å²) in [5, 5.41) is 0. The van der Waals surface area contributed by atoms with Crippen molar-refractivity contribution in [2.24, 2.45) is 0 Å². The summed E-state index contributed by atoms with van der Waals surface area (Å²) in [7, 11) is -3.44. The van der Waals surface area contributed by atoms with Crippen LogP contribution in [-0.2, 0) is 10.2 Å². The van der Waals surface area contributed by atoms with Crippen molar-refractivity contribution in [3.05, 3.63) is 24.2 Å². The van der Waals surface area contributed by atoms with Crippen LogP contribution >= 0.6 is 0 Å². The van der Waals surface area contributed by atoms with Crippen molar-refractivity contribution in [2.75, 3.05) is 26.2 Å². The van der Waals surface area contributed by atoms with Gasteiger partial charge < -0.3 is 4.42 Å². The third kappa shape index (κ3) is 4.94. The fourth-order valence-electron chi connectivity index (χ4n) is 1.98. The molecule has 6 nitrogen and oxygen atoms in total. The van der Waals surface area contributed by atoms with Crippen LogP contribution in [0.3, 0.4) is 0 Å². The predicted octanol–water partition coefficient (Wildman–Crippen LogP) is 1.11. The first-order chi connectivity index (χ1) is 9.04. The summed E-state index contributed by atoms with van der Waals surface area (Å²) < 4.78 is 33.6. The minimum Gasteiger partial charge on any atom is -0.468 e. The van der Waals surface area contributed by atoms with Gasteiger partial charge in [0.05, 0.1) is 12.3 Å². The van der Waals surface area contributed by atoms with Gasteiger partial charge in [-0.2, -0.15) is 8.42 Å². The number of hydrogen-bond acceptors (Lipinski definition) is 4. The van der Waals surface area contributed by atoms with E-state index in [2.05, 4.69) is 14.3 Å². The van der Waals surface area contributed by atoms with Crippen molar-refractivity contribution in [1.29, 1.82) is 0 Å². The van der Waals surface area contributed by atoms with E-state index in [-0.39, 0.29) is 12.6 Å². The molecule has 19 heavy (non-hydrogen) atoms. The second-order valence-corrected chi connectivity index (χ2v) is 5.69. The summed E-state index contributed by atoms with van der Waals surface area (Å²) in [4.78, 5) is 2.15. The van der Waals surface area contributed by atoms with Crippen molar-refractivity contribution in [3.63, 3.8) is 0 Å². The highest BCUT2D eigenvalue weighted by Crippen LogP contribution is 2.20. The minimum absolute atomic E-state index is 0.0987. The molecule has 0 aliphatic carbocycles. The lowest BCUT2D eigenvalue weighted by Gasteiger charge is -2.28. The Labute approximate surface area is 115 Å². The Morgan fingerprint density at radius 3 is 2.42 bits per heavy atom. The van der Waals surface area contributed by atoms with Gasteiger partial charge >= 0.3 is 0 Å². The Bertz CT molecular complexity index is 441. The van der Waals surface area contributed by atoms with E-state index in [1.54, 1.807) is 13.2 Å². The molecular weight excluding hydrogens is 266 g/mol. The van der Waals surface area contributed by atoms with Gasteiger partial charge in [-0.25, -0.2) is 9.44 Å². The number of nitrogens with one attached hydrogen (secondary N) is 2. The first-order valence-corrected chi connectivity index (χ1v) is 8.04. The second-order valence-electron chi connectivity index (χ2n) is 4.10. The molecule has 0 spiro atoms. The summed E-state index contributed by atoms with van der Waals surface area (Å²) in [6, 6.07) is 3.58. The van der Waals surface area contributed by atoms with Gasteiger partial charge in [0.25, 0.3) is 10.2 Å². The van der Waals surface area contributed by atoms with E-state index >= 15 is 0 Å². The molecule has 0 saturated heterocycles. The van der Waals surface area contributed by atoms with Crippen molar-refractivity contribution in [3.8, 4) is 0 Å². The predicted molar refractivity (Wildman–Crippen MR) is 75.0 cm³/mol. The zero-order valence-corrected chi connectivity index (χ0v) is 12.5. The van der Waals surface area contributed by atoms with Gasteiger partial charge in [-0.1, -0.05) is 20.8 Å². The van der Waals surface area contributed by atoms with E-state index in [1.807, 2.05) is 26.0 Å². The second kappa shape index (κ2) is 7.64. The van der Waals surface area contributed by atoms with Crippen LogP contribution in [0.5, 0.6) is 0 Å². The number of rotatable bonds is 9. The Hall–Kier alpha value is -0.890. The number of hydrogen-bond donors (Lipinski definition) is 2. The molecule has 0 aliphatic heterocycles. The van der Waals surface area contributed by atoms with Crippen LogP contribution in [0, 0.1) is 0 Å². The Morgan fingerprint density at radius 1 is 1.26 bits per heavy atom. The van der Waals surface area contributed by atoms with Gasteiger partial charge in [0.1, 0.15) is 5.76 Å². The molecule has 0 bridgehead atoms.